The van der Waals surface area contributed by atoms with Crippen molar-refractivity contribution in [3.63, 3.8) is 0 Å². The third-order valence-corrected chi connectivity index (χ3v) is 3.71. The van der Waals surface area contributed by atoms with Crippen LogP contribution in [0.1, 0.15) is 45.1 Å². The Labute approximate surface area is 127 Å². The predicted octanol–water partition coefficient (Wildman–Crippen LogP) is 4.51. The number of nitrogens with zero attached hydrogens (tertiary/aromatic N) is 3. The summed E-state index contributed by atoms with van der Waals surface area (Å²) in [5.74, 6) is 0.937. The number of benzene rings is 1. The van der Waals surface area contributed by atoms with Crippen LogP contribution < -0.4 is 4.90 Å². The molecular formula is C18H23N3. The standard InChI is InChI=1S/C18H23N3/c1-3-5-11-21(12-6-4-2)18-13-15(14-19)16-9-7-8-10-17(16)20-18/h7-10,13H,3-6,11-12H2,1-2H3. The van der Waals surface area contributed by atoms with E-state index >= 15 is 0 Å². The molecule has 0 aliphatic carbocycles. The molecule has 0 amide bonds. The molecule has 0 bridgehead atoms. The van der Waals surface area contributed by atoms with Gasteiger partial charge in [-0.05, 0) is 25.0 Å². The van der Waals surface area contributed by atoms with E-state index in [2.05, 4.69) is 24.8 Å². The molecule has 0 unspecified atom stereocenters. The number of hydrogen-bond donors (Lipinski definition) is 0. The quantitative estimate of drug-likeness (QED) is 0.749. The van der Waals surface area contributed by atoms with E-state index in [9.17, 15) is 5.26 Å². The van der Waals surface area contributed by atoms with E-state index in [-0.39, 0.29) is 0 Å². The highest BCUT2D eigenvalue weighted by Crippen LogP contribution is 2.23. The maximum Gasteiger partial charge on any atom is 0.130 e. The minimum Gasteiger partial charge on any atom is -0.357 e. The van der Waals surface area contributed by atoms with Crippen LogP contribution in [0.25, 0.3) is 10.9 Å². The Morgan fingerprint density at radius 1 is 1.10 bits per heavy atom. The Bertz CT molecular complexity index is 620. The number of unbranched alkanes of at least 4 members (excludes halogenated alkanes) is 2. The molecule has 3 nitrogen and oxygen atoms in total. The molecule has 2 aromatic rings. The fourth-order valence-electron chi connectivity index (χ4n) is 2.45. The van der Waals surface area contributed by atoms with Gasteiger partial charge in [0.05, 0.1) is 17.1 Å². The molecule has 1 aromatic carbocycles. The average Bonchev–Trinajstić information content (AvgIpc) is 2.54. The highest BCUT2D eigenvalue weighted by atomic mass is 15.2. The molecule has 0 N–H and O–H groups in total. The third kappa shape index (κ3) is 3.72. The van der Waals surface area contributed by atoms with E-state index in [0.717, 1.165) is 42.7 Å². The first-order valence-electron chi connectivity index (χ1n) is 7.85. The van der Waals surface area contributed by atoms with Gasteiger partial charge >= 0.3 is 0 Å². The average molecular weight is 281 g/mol. The summed E-state index contributed by atoms with van der Waals surface area (Å²) in [7, 11) is 0. The van der Waals surface area contributed by atoms with E-state index in [4.69, 9.17) is 4.98 Å². The molecule has 2 rings (SSSR count). The normalized spacial score (nSPS) is 10.5. The first-order valence-corrected chi connectivity index (χ1v) is 7.85. The molecule has 0 atom stereocenters. The van der Waals surface area contributed by atoms with Crippen LogP contribution in [-0.4, -0.2) is 18.1 Å². The molecule has 0 aliphatic heterocycles. The van der Waals surface area contributed by atoms with Crippen molar-refractivity contribution in [2.24, 2.45) is 0 Å². The number of fused-ring (bicyclic) bond motifs is 1. The smallest absolute Gasteiger partial charge is 0.130 e. The van der Waals surface area contributed by atoms with Gasteiger partial charge in [0, 0.05) is 18.5 Å². The maximum absolute atomic E-state index is 9.40. The number of aromatic nitrogens is 1. The van der Waals surface area contributed by atoms with Crippen molar-refractivity contribution < 1.29 is 0 Å². The lowest BCUT2D eigenvalue weighted by molar-refractivity contribution is 0.672. The zero-order chi connectivity index (χ0) is 15.1. The van der Waals surface area contributed by atoms with Gasteiger partial charge in [-0.2, -0.15) is 5.26 Å². The van der Waals surface area contributed by atoms with Gasteiger partial charge in [-0.3, -0.25) is 0 Å². The lowest BCUT2D eigenvalue weighted by Gasteiger charge is -2.24. The molecule has 0 saturated heterocycles. The van der Waals surface area contributed by atoms with Gasteiger partial charge in [0.2, 0.25) is 0 Å². The fourth-order valence-corrected chi connectivity index (χ4v) is 2.45. The van der Waals surface area contributed by atoms with Gasteiger partial charge in [-0.25, -0.2) is 4.98 Å². The number of para-hydroxylation sites is 1. The topological polar surface area (TPSA) is 39.9 Å². The van der Waals surface area contributed by atoms with Crippen LogP contribution in [0.2, 0.25) is 0 Å². The molecule has 3 heteroatoms. The highest BCUT2D eigenvalue weighted by molar-refractivity contribution is 5.86. The van der Waals surface area contributed by atoms with Crippen LogP contribution in [0, 0.1) is 11.3 Å². The number of rotatable bonds is 7. The summed E-state index contributed by atoms with van der Waals surface area (Å²) in [5, 5.41) is 10.3. The summed E-state index contributed by atoms with van der Waals surface area (Å²) in [6.45, 7) is 6.42. The fraction of sp³-hybridized carbons (Fsp3) is 0.444. The summed E-state index contributed by atoms with van der Waals surface area (Å²) < 4.78 is 0. The lowest BCUT2D eigenvalue weighted by atomic mass is 10.1. The van der Waals surface area contributed by atoms with E-state index in [1.54, 1.807) is 0 Å². The largest absolute Gasteiger partial charge is 0.357 e. The predicted molar refractivity (Wildman–Crippen MR) is 88.5 cm³/mol. The monoisotopic (exact) mass is 281 g/mol. The summed E-state index contributed by atoms with van der Waals surface area (Å²) in [5.41, 5.74) is 1.62. The summed E-state index contributed by atoms with van der Waals surface area (Å²) >= 11 is 0. The second-order valence-corrected chi connectivity index (χ2v) is 5.35. The summed E-state index contributed by atoms with van der Waals surface area (Å²) in [4.78, 5) is 7.08. The van der Waals surface area contributed by atoms with E-state index in [0.29, 0.717) is 5.56 Å². The third-order valence-electron chi connectivity index (χ3n) is 3.71. The number of pyridine rings is 1. The molecule has 0 fully saturated rings. The Kier molecular flexibility index (Phi) is 5.57. The maximum atomic E-state index is 9.40. The number of anilines is 1. The van der Waals surface area contributed by atoms with Crippen molar-refractivity contribution in [3.05, 3.63) is 35.9 Å². The minimum absolute atomic E-state index is 0.716. The first-order chi connectivity index (χ1) is 10.3. The second kappa shape index (κ2) is 7.64. The Balaban J connectivity index is 2.39. The van der Waals surface area contributed by atoms with E-state index in [1.165, 1.54) is 12.8 Å². The van der Waals surface area contributed by atoms with Crippen molar-refractivity contribution in [1.29, 1.82) is 5.26 Å². The van der Waals surface area contributed by atoms with Crippen LogP contribution in [0.15, 0.2) is 30.3 Å². The minimum atomic E-state index is 0.716. The summed E-state index contributed by atoms with van der Waals surface area (Å²) in [6.07, 6.45) is 4.64. The van der Waals surface area contributed by atoms with Crippen LogP contribution in [0.4, 0.5) is 5.82 Å². The highest BCUT2D eigenvalue weighted by Gasteiger charge is 2.11. The van der Waals surface area contributed by atoms with Crippen molar-refractivity contribution in [1.82, 2.24) is 4.98 Å². The van der Waals surface area contributed by atoms with Gasteiger partial charge in [-0.15, -0.1) is 0 Å². The van der Waals surface area contributed by atoms with Gasteiger partial charge in [-0.1, -0.05) is 44.9 Å². The molecule has 0 spiro atoms. The van der Waals surface area contributed by atoms with Gasteiger partial charge in [0.15, 0.2) is 0 Å². The van der Waals surface area contributed by atoms with Gasteiger partial charge in [0.1, 0.15) is 5.82 Å². The van der Waals surface area contributed by atoms with Crippen molar-refractivity contribution in [3.8, 4) is 6.07 Å². The first kappa shape index (κ1) is 15.3. The molecule has 110 valence electrons. The zero-order valence-corrected chi connectivity index (χ0v) is 13.0. The van der Waals surface area contributed by atoms with Crippen LogP contribution in [0.5, 0.6) is 0 Å². The molecule has 21 heavy (non-hydrogen) atoms. The van der Waals surface area contributed by atoms with Crippen molar-refractivity contribution in [2.45, 2.75) is 39.5 Å². The Morgan fingerprint density at radius 3 is 2.38 bits per heavy atom. The second-order valence-electron chi connectivity index (χ2n) is 5.35. The number of hydrogen-bond acceptors (Lipinski definition) is 3. The van der Waals surface area contributed by atoms with E-state index < -0.39 is 0 Å². The molecule has 0 aliphatic rings. The van der Waals surface area contributed by atoms with Crippen LogP contribution >= 0.6 is 0 Å². The number of nitriles is 1. The van der Waals surface area contributed by atoms with Crippen molar-refractivity contribution >= 4 is 16.7 Å². The molecule has 0 radical (unpaired) electrons. The van der Waals surface area contributed by atoms with E-state index in [1.807, 2.05) is 30.3 Å². The molecule has 1 aromatic heterocycles. The molecule has 0 saturated carbocycles. The van der Waals surface area contributed by atoms with Gasteiger partial charge < -0.3 is 4.90 Å². The zero-order valence-electron chi connectivity index (χ0n) is 13.0. The van der Waals surface area contributed by atoms with Crippen molar-refractivity contribution in [2.75, 3.05) is 18.0 Å². The molecule has 1 heterocycles. The Morgan fingerprint density at radius 2 is 1.76 bits per heavy atom. The van der Waals surface area contributed by atoms with Gasteiger partial charge in [0.25, 0.3) is 0 Å². The summed E-state index contributed by atoms with van der Waals surface area (Å²) in [6, 6.07) is 12.1. The van der Waals surface area contributed by atoms with Crippen LogP contribution in [0.3, 0.4) is 0 Å². The molecular weight excluding hydrogens is 258 g/mol. The van der Waals surface area contributed by atoms with Crippen LogP contribution in [-0.2, 0) is 0 Å². The Hall–Kier alpha value is -2.08. The SMILES string of the molecule is CCCCN(CCCC)c1cc(C#N)c2ccccc2n1. The lowest BCUT2D eigenvalue weighted by Crippen LogP contribution is -2.26.